The van der Waals surface area contributed by atoms with Crippen LogP contribution in [0, 0.1) is 5.41 Å². The van der Waals surface area contributed by atoms with Crippen LogP contribution in [0.5, 0.6) is 0 Å². The van der Waals surface area contributed by atoms with E-state index in [-0.39, 0.29) is 11.4 Å². The zero-order valence-corrected chi connectivity index (χ0v) is 8.72. The van der Waals surface area contributed by atoms with E-state index in [1.807, 2.05) is 6.92 Å². The van der Waals surface area contributed by atoms with E-state index in [0.29, 0.717) is 19.5 Å². The van der Waals surface area contributed by atoms with Gasteiger partial charge in [0.15, 0.2) is 0 Å². The summed E-state index contributed by atoms with van der Waals surface area (Å²) in [4.78, 5) is 13.6. The van der Waals surface area contributed by atoms with E-state index >= 15 is 0 Å². The number of nitrogens with zero attached hydrogens (tertiary/aromatic N) is 1. The molecule has 1 amide bonds. The van der Waals surface area contributed by atoms with Crippen LogP contribution in [0.2, 0.25) is 0 Å². The van der Waals surface area contributed by atoms with Gasteiger partial charge >= 0.3 is 0 Å². The van der Waals surface area contributed by atoms with Gasteiger partial charge in [0, 0.05) is 18.6 Å². The lowest BCUT2D eigenvalue weighted by Gasteiger charge is -2.22. The molecular weight excluding hydrogens is 183 g/mol. The Morgan fingerprint density at radius 3 is 2.50 bits per heavy atom. The lowest BCUT2D eigenvalue weighted by atomic mass is 10.0. The van der Waals surface area contributed by atoms with Gasteiger partial charge in [0.2, 0.25) is 5.91 Å². The summed E-state index contributed by atoms with van der Waals surface area (Å²) in [6.07, 6.45) is 0.245. The summed E-state index contributed by atoms with van der Waals surface area (Å²) < 4.78 is 13.0. The maximum Gasteiger partial charge on any atom is 0.231 e. The second-order valence-electron chi connectivity index (χ2n) is 5.22. The molecule has 1 heterocycles. The third-order valence-electron chi connectivity index (χ3n) is 3.42. The summed E-state index contributed by atoms with van der Waals surface area (Å²) in [5, 5.41) is 0. The predicted octanol–water partition coefficient (Wildman–Crippen LogP) is 0.684. The molecule has 2 N–H and O–H groups in total. The van der Waals surface area contributed by atoms with Crippen molar-refractivity contribution in [3.05, 3.63) is 0 Å². The number of amides is 1. The van der Waals surface area contributed by atoms with Gasteiger partial charge in [0.25, 0.3) is 0 Å². The number of carbonyl (C=O) groups is 1. The van der Waals surface area contributed by atoms with E-state index in [4.69, 9.17) is 5.73 Å². The molecule has 1 aliphatic carbocycles. The van der Waals surface area contributed by atoms with Crippen LogP contribution in [-0.4, -0.2) is 35.6 Å². The average Bonchev–Trinajstić information content (AvgIpc) is 2.54. The number of hydrogen-bond acceptors (Lipinski definition) is 2. The molecule has 0 radical (unpaired) electrons. The third-order valence-corrected chi connectivity index (χ3v) is 3.42. The van der Waals surface area contributed by atoms with Crippen molar-refractivity contribution in [3.8, 4) is 0 Å². The van der Waals surface area contributed by atoms with Gasteiger partial charge in [-0.15, -0.1) is 0 Å². The maximum absolute atomic E-state index is 13.0. The molecule has 1 saturated carbocycles. The Hall–Kier alpha value is -0.640. The lowest BCUT2D eigenvalue weighted by Crippen LogP contribution is -2.42. The van der Waals surface area contributed by atoms with Gasteiger partial charge in [-0.05, 0) is 26.7 Å². The Labute approximate surface area is 83.4 Å². The van der Waals surface area contributed by atoms with E-state index in [2.05, 4.69) is 0 Å². The Balaban J connectivity index is 2.01. The molecule has 4 heteroatoms. The summed E-state index contributed by atoms with van der Waals surface area (Å²) in [5.41, 5.74) is 4.90. The molecule has 0 aromatic carbocycles. The van der Waals surface area contributed by atoms with Gasteiger partial charge in [0.05, 0.1) is 5.41 Å². The van der Waals surface area contributed by atoms with Gasteiger partial charge in [-0.25, -0.2) is 4.39 Å². The number of carbonyl (C=O) groups excluding carboxylic acids is 1. The summed E-state index contributed by atoms with van der Waals surface area (Å²) in [6.45, 7) is 4.87. The Morgan fingerprint density at radius 1 is 1.57 bits per heavy atom. The highest BCUT2D eigenvalue weighted by Gasteiger charge is 2.59. The predicted molar refractivity (Wildman–Crippen MR) is 51.4 cm³/mol. The average molecular weight is 200 g/mol. The molecule has 0 aromatic heterocycles. The number of hydrogen-bond donors (Lipinski definition) is 1. The standard InChI is InChI=1S/C10H17FN2O/c1-9(12)3-4-13(6-9)8(14)10(2)5-7(10)11/h7H,3-6,12H2,1-2H3. The highest BCUT2D eigenvalue weighted by Crippen LogP contribution is 2.50. The first-order chi connectivity index (χ1) is 6.35. The Morgan fingerprint density at radius 2 is 2.14 bits per heavy atom. The highest BCUT2D eigenvalue weighted by molar-refractivity contribution is 5.86. The molecule has 2 aliphatic rings. The number of halogens is 1. The minimum Gasteiger partial charge on any atom is -0.340 e. The zero-order chi connectivity index (χ0) is 10.6. The van der Waals surface area contributed by atoms with Crippen LogP contribution in [0.1, 0.15) is 26.7 Å². The van der Waals surface area contributed by atoms with Crippen LogP contribution in [0.25, 0.3) is 0 Å². The molecule has 1 aliphatic heterocycles. The smallest absolute Gasteiger partial charge is 0.231 e. The molecule has 80 valence electrons. The second kappa shape index (κ2) is 2.69. The van der Waals surface area contributed by atoms with Crippen molar-refractivity contribution < 1.29 is 9.18 Å². The van der Waals surface area contributed by atoms with Crippen molar-refractivity contribution in [3.63, 3.8) is 0 Å². The fourth-order valence-electron chi connectivity index (χ4n) is 2.05. The topological polar surface area (TPSA) is 46.3 Å². The summed E-state index contributed by atoms with van der Waals surface area (Å²) >= 11 is 0. The summed E-state index contributed by atoms with van der Waals surface area (Å²) in [7, 11) is 0. The molecule has 0 bridgehead atoms. The van der Waals surface area contributed by atoms with E-state index in [1.54, 1.807) is 11.8 Å². The molecule has 0 aromatic rings. The minimum atomic E-state index is -0.945. The van der Waals surface area contributed by atoms with Gasteiger partial charge in [0.1, 0.15) is 6.17 Å². The van der Waals surface area contributed by atoms with E-state index < -0.39 is 11.6 Å². The fraction of sp³-hybridized carbons (Fsp3) is 0.900. The van der Waals surface area contributed by atoms with Crippen molar-refractivity contribution in [1.82, 2.24) is 4.90 Å². The largest absolute Gasteiger partial charge is 0.340 e. The normalized spacial score (nSPS) is 46.9. The van der Waals surface area contributed by atoms with Crippen LogP contribution in [0.15, 0.2) is 0 Å². The van der Waals surface area contributed by atoms with Crippen LogP contribution in [0.3, 0.4) is 0 Å². The molecule has 3 atom stereocenters. The summed E-state index contributed by atoms with van der Waals surface area (Å²) in [5.74, 6) is -0.0563. The molecule has 3 nitrogen and oxygen atoms in total. The first-order valence-electron chi connectivity index (χ1n) is 5.07. The van der Waals surface area contributed by atoms with E-state index in [0.717, 1.165) is 6.42 Å². The van der Waals surface area contributed by atoms with Gasteiger partial charge in [-0.1, -0.05) is 0 Å². The van der Waals surface area contributed by atoms with E-state index in [9.17, 15) is 9.18 Å². The molecule has 3 unspecified atom stereocenters. The summed E-state index contributed by atoms with van der Waals surface area (Å²) in [6, 6.07) is 0. The van der Waals surface area contributed by atoms with Crippen molar-refractivity contribution in [2.75, 3.05) is 13.1 Å². The Bertz CT molecular complexity index is 279. The third kappa shape index (κ3) is 1.41. The number of likely N-dealkylation sites (tertiary alicyclic amines) is 1. The first-order valence-corrected chi connectivity index (χ1v) is 5.07. The fourth-order valence-corrected chi connectivity index (χ4v) is 2.05. The Kier molecular flexibility index (Phi) is 1.90. The molecule has 2 fully saturated rings. The molecule has 2 rings (SSSR count). The minimum absolute atomic E-state index is 0.0563. The van der Waals surface area contributed by atoms with Crippen molar-refractivity contribution in [2.45, 2.75) is 38.4 Å². The number of nitrogens with two attached hydrogens (primary N) is 1. The van der Waals surface area contributed by atoms with Crippen LogP contribution in [-0.2, 0) is 4.79 Å². The van der Waals surface area contributed by atoms with Crippen molar-refractivity contribution in [1.29, 1.82) is 0 Å². The molecule has 1 saturated heterocycles. The molecule has 0 spiro atoms. The van der Waals surface area contributed by atoms with Gasteiger partial charge in [-0.2, -0.15) is 0 Å². The zero-order valence-electron chi connectivity index (χ0n) is 8.72. The van der Waals surface area contributed by atoms with Gasteiger partial charge < -0.3 is 10.6 Å². The van der Waals surface area contributed by atoms with Crippen LogP contribution >= 0.6 is 0 Å². The highest BCUT2D eigenvalue weighted by atomic mass is 19.1. The van der Waals surface area contributed by atoms with E-state index in [1.165, 1.54) is 0 Å². The molecule has 14 heavy (non-hydrogen) atoms. The number of rotatable bonds is 1. The van der Waals surface area contributed by atoms with Crippen LogP contribution < -0.4 is 5.73 Å². The lowest BCUT2D eigenvalue weighted by molar-refractivity contribution is -0.136. The van der Waals surface area contributed by atoms with Crippen molar-refractivity contribution >= 4 is 5.91 Å². The van der Waals surface area contributed by atoms with Gasteiger partial charge in [-0.3, -0.25) is 4.79 Å². The maximum atomic E-state index is 13.0. The van der Waals surface area contributed by atoms with Crippen LogP contribution in [0.4, 0.5) is 4.39 Å². The monoisotopic (exact) mass is 200 g/mol. The quantitative estimate of drug-likeness (QED) is 0.676. The number of alkyl halides is 1. The second-order valence-corrected chi connectivity index (χ2v) is 5.22. The molecular formula is C10H17FN2O. The first kappa shape index (κ1) is 9.90. The van der Waals surface area contributed by atoms with Crippen molar-refractivity contribution in [2.24, 2.45) is 11.1 Å². The SMILES string of the molecule is CC1(N)CCN(C(=O)C2(C)CC2F)C1.